The first-order chi connectivity index (χ1) is 10.8. The highest BCUT2D eigenvalue weighted by molar-refractivity contribution is 5.96. The summed E-state index contributed by atoms with van der Waals surface area (Å²) in [4.78, 5) is 26.4. The molecule has 22 heavy (non-hydrogen) atoms. The van der Waals surface area contributed by atoms with Crippen molar-refractivity contribution in [1.29, 1.82) is 0 Å². The Morgan fingerprint density at radius 2 is 1.95 bits per heavy atom. The molecule has 118 valence electrons. The van der Waals surface area contributed by atoms with Crippen molar-refractivity contribution in [3.05, 3.63) is 35.9 Å². The van der Waals surface area contributed by atoms with Crippen LogP contribution in [0.15, 0.2) is 30.3 Å². The van der Waals surface area contributed by atoms with Gasteiger partial charge in [0.25, 0.3) is 5.91 Å². The highest BCUT2D eigenvalue weighted by atomic mass is 16.5. The van der Waals surface area contributed by atoms with Gasteiger partial charge in [-0.25, -0.2) is 0 Å². The van der Waals surface area contributed by atoms with Gasteiger partial charge in [-0.2, -0.15) is 0 Å². The Bertz CT molecular complexity index is 530. The molecule has 2 fully saturated rings. The molecule has 2 amide bonds. The average Bonchev–Trinajstić information content (AvgIpc) is 2.59. The number of benzene rings is 1. The van der Waals surface area contributed by atoms with Gasteiger partial charge in [0.15, 0.2) is 0 Å². The number of carbonyl (C=O) groups is 2. The lowest BCUT2D eigenvalue weighted by atomic mass is 9.90. The summed E-state index contributed by atoms with van der Waals surface area (Å²) in [5, 5.41) is 2.72. The summed E-state index contributed by atoms with van der Waals surface area (Å²) in [6, 6.07) is 9.15. The van der Waals surface area contributed by atoms with Gasteiger partial charge in [0.05, 0.1) is 25.3 Å². The molecule has 0 aromatic heterocycles. The topological polar surface area (TPSA) is 58.6 Å². The molecule has 0 bridgehead atoms. The zero-order valence-electron chi connectivity index (χ0n) is 12.7. The van der Waals surface area contributed by atoms with Crippen LogP contribution in [0.25, 0.3) is 0 Å². The van der Waals surface area contributed by atoms with E-state index in [1.807, 2.05) is 23.1 Å². The van der Waals surface area contributed by atoms with E-state index < -0.39 is 0 Å². The van der Waals surface area contributed by atoms with Crippen LogP contribution in [0.3, 0.4) is 0 Å². The summed E-state index contributed by atoms with van der Waals surface area (Å²) in [6.45, 7) is 1.28. The molecule has 0 spiro atoms. The molecule has 5 nitrogen and oxygen atoms in total. The molecular weight excluding hydrogens is 280 g/mol. The average molecular weight is 302 g/mol. The van der Waals surface area contributed by atoms with Crippen molar-refractivity contribution in [3.8, 4) is 0 Å². The third-order valence-electron chi connectivity index (χ3n) is 4.49. The van der Waals surface area contributed by atoms with Gasteiger partial charge in [-0.05, 0) is 25.0 Å². The number of fused-ring (bicyclic) bond motifs is 1. The standard InChI is InChI=1S/C17H22N2O3/c20-16(12-18-17(21)13-6-2-1-3-7-13)19-10-11-22-15-9-5-4-8-14(15)19/h1-3,6-7,14-15H,4-5,8-12H2,(H,18,21). The van der Waals surface area contributed by atoms with Gasteiger partial charge in [-0.15, -0.1) is 0 Å². The van der Waals surface area contributed by atoms with Crippen molar-refractivity contribution >= 4 is 11.8 Å². The first kappa shape index (κ1) is 15.0. The molecule has 2 unspecified atom stereocenters. The molecule has 1 saturated heterocycles. The van der Waals surface area contributed by atoms with Crippen LogP contribution >= 0.6 is 0 Å². The Hall–Kier alpha value is -1.88. The minimum absolute atomic E-state index is 0.00974. The van der Waals surface area contributed by atoms with Crippen LogP contribution in [0, 0.1) is 0 Å². The van der Waals surface area contributed by atoms with Crippen LogP contribution in [0.2, 0.25) is 0 Å². The summed E-state index contributed by atoms with van der Waals surface area (Å²) in [7, 11) is 0. The van der Waals surface area contributed by atoms with Crippen LogP contribution in [0.4, 0.5) is 0 Å². The second kappa shape index (κ2) is 6.92. The van der Waals surface area contributed by atoms with E-state index in [2.05, 4.69) is 5.32 Å². The number of hydrogen-bond acceptors (Lipinski definition) is 3. The maximum atomic E-state index is 12.4. The fourth-order valence-corrected chi connectivity index (χ4v) is 3.36. The van der Waals surface area contributed by atoms with Gasteiger partial charge in [-0.1, -0.05) is 31.0 Å². The Balaban J connectivity index is 1.56. The normalized spacial score (nSPS) is 24.5. The number of rotatable bonds is 3. The molecular formula is C17H22N2O3. The predicted octanol–water partition coefficient (Wildman–Crippen LogP) is 1.59. The number of amides is 2. The number of ether oxygens (including phenoxy) is 1. The summed E-state index contributed by atoms with van der Waals surface area (Å²) < 4.78 is 5.78. The highest BCUT2D eigenvalue weighted by Gasteiger charge is 2.36. The Labute approximate surface area is 130 Å². The van der Waals surface area contributed by atoms with E-state index in [0.29, 0.717) is 18.7 Å². The zero-order valence-corrected chi connectivity index (χ0v) is 12.7. The van der Waals surface area contributed by atoms with E-state index in [1.54, 1.807) is 12.1 Å². The maximum Gasteiger partial charge on any atom is 0.251 e. The van der Waals surface area contributed by atoms with Gasteiger partial charge in [0.1, 0.15) is 0 Å². The largest absolute Gasteiger partial charge is 0.374 e. The number of carbonyl (C=O) groups excluding carboxylic acids is 2. The van der Waals surface area contributed by atoms with Gasteiger partial charge < -0.3 is 15.0 Å². The lowest BCUT2D eigenvalue weighted by molar-refractivity contribution is -0.148. The molecule has 1 saturated carbocycles. The van der Waals surface area contributed by atoms with Crippen LogP contribution in [0.1, 0.15) is 36.0 Å². The SMILES string of the molecule is O=C(NCC(=O)N1CCOC2CCCCC21)c1ccccc1. The van der Waals surface area contributed by atoms with Crippen LogP contribution in [-0.4, -0.2) is 48.6 Å². The van der Waals surface area contributed by atoms with Crippen LogP contribution in [0.5, 0.6) is 0 Å². The van der Waals surface area contributed by atoms with Crippen molar-refractivity contribution in [2.45, 2.75) is 37.8 Å². The first-order valence-electron chi connectivity index (χ1n) is 8.00. The molecule has 1 aromatic rings. The van der Waals surface area contributed by atoms with Crippen LogP contribution < -0.4 is 5.32 Å². The zero-order chi connectivity index (χ0) is 15.4. The predicted molar refractivity (Wildman–Crippen MR) is 82.5 cm³/mol. The van der Waals surface area contributed by atoms with E-state index in [9.17, 15) is 9.59 Å². The lowest BCUT2D eigenvalue weighted by Crippen LogP contribution is -2.56. The minimum atomic E-state index is -0.206. The lowest BCUT2D eigenvalue weighted by Gasteiger charge is -2.43. The minimum Gasteiger partial charge on any atom is -0.374 e. The molecule has 1 N–H and O–H groups in total. The summed E-state index contributed by atoms with van der Waals surface area (Å²) in [5.74, 6) is -0.216. The Morgan fingerprint density at radius 1 is 1.18 bits per heavy atom. The van der Waals surface area contributed by atoms with Crippen molar-refractivity contribution in [2.75, 3.05) is 19.7 Å². The molecule has 2 atom stereocenters. The van der Waals surface area contributed by atoms with Crippen LogP contribution in [-0.2, 0) is 9.53 Å². The quantitative estimate of drug-likeness (QED) is 0.922. The van der Waals surface area contributed by atoms with Gasteiger partial charge in [-0.3, -0.25) is 9.59 Å². The number of morpholine rings is 1. The smallest absolute Gasteiger partial charge is 0.251 e. The first-order valence-corrected chi connectivity index (χ1v) is 8.00. The van der Waals surface area contributed by atoms with E-state index in [-0.39, 0.29) is 30.5 Å². The van der Waals surface area contributed by atoms with Gasteiger partial charge in [0.2, 0.25) is 5.91 Å². The summed E-state index contributed by atoms with van der Waals surface area (Å²) in [5.41, 5.74) is 0.577. The third kappa shape index (κ3) is 3.30. The maximum absolute atomic E-state index is 12.4. The number of nitrogens with zero attached hydrogens (tertiary/aromatic N) is 1. The molecule has 1 aliphatic heterocycles. The number of nitrogens with one attached hydrogen (secondary N) is 1. The number of hydrogen-bond donors (Lipinski definition) is 1. The van der Waals surface area contributed by atoms with Crippen molar-refractivity contribution in [1.82, 2.24) is 10.2 Å². The molecule has 1 aliphatic carbocycles. The molecule has 1 aromatic carbocycles. The van der Waals surface area contributed by atoms with E-state index in [4.69, 9.17) is 4.74 Å². The molecule has 2 aliphatic rings. The summed E-state index contributed by atoms with van der Waals surface area (Å²) in [6.07, 6.45) is 4.53. The Kier molecular flexibility index (Phi) is 4.73. The van der Waals surface area contributed by atoms with E-state index in [1.165, 1.54) is 6.42 Å². The van der Waals surface area contributed by atoms with Gasteiger partial charge >= 0.3 is 0 Å². The molecule has 0 radical (unpaired) electrons. The van der Waals surface area contributed by atoms with E-state index in [0.717, 1.165) is 19.3 Å². The van der Waals surface area contributed by atoms with Gasteiger partial charge in [0, 0.05) is 12.1 Å². The van der Waals surface area contributed by atoms with Crippen molar-refractivity contribution in [3.63, 3.8) is 0 Å². The molecule has 3 rings (SSSR count). The van der Waals surface area contributed by atoms with E-state index >= 15 is 0 Å². The fourth-order valence-electron chi connectivity index (χ4n) is 3.36. The summed E-state index contributed by atoms with van der Waals surface area (Å²) >= 11 is 0. The van der Waals surface area contributed by atoms with Crippen molar-refractivity contribution < 1.29 is 14.3 Å². The highest BCUT2D eigenvalue weighted by Crippen LogP contribution is 2.28. The van der Waals surface area contributed by atoms with Crippen molar-refractivity contribution in [2.24, 2.45) is 0 Å². The molecule has 1 heterocycles. The second-order valence-electron chi connectivity index (χ2n) is 5.90. The monoisotopic (exact) mass is 302 g/mol. The molecule has 5 heteroatoms. The second-order valence-corrected chi connectivity index (χ2v) is 5.90. The third-order valence-corrected chi connectivity index (χ3v) is 4.49. The fraction of sp³-hybridized carbons (Fsp3) is 0.529. The Morgan fingerprint density at radius 3 is 2.77 bits per heavy atom.